The minimum absolute atomic E-state index is 0.0253. The van der Waals surface area contributed by atoms with Gasteiger partial charge in [0.05, 0.1) is 6.04 Å². The highest BCUT2D eigenvalue weighted by Gasteiger charge is 2.36. The van der Waals surface area contributed by atoms with Crippen molar-refractivity contribution in [1.82, 2.24) is 15.2 Å². The third-order valence-corrected chi connectivity index (χ3v) is 6.90. The summed E-state index contributed by atoms with van der Waals surface area (Å²) in [6.07, 6.45) is 3.29. The summed E-state index contributed by atoms with van der Waals surface area (Å²) < 4.78 is 19.4. The molecule has 3 N–H and O–H groups in total. The predicted molar refractivity (Wildman–Crippen MR) is 143 cm³/mol. The van der Waals surface area contributed by atoms with Crippen LogP contribution in [-0.2, 0) is 20.7 Å². The number of nitrogens with zero attached hydrogens (tertiary/aromatic N) is 2. The lowest BCUT2D eigenvalue weighted by Gasteiger charge is -2.35. The molecule has 1 aromatic carbocycles. The molecule has 9 heteroatoms. The molecule has 1 aliphatic carbocycles. The zero-order valence-corrected chi connectivity index (χ0v) is 22.3. The number of anilines is 1. The van der Waals surface area contributed by atoms with Crippen molar-refractivity contribution < 1.29 is 23.5 Å². The molecule has 0 saturated heterocycles. The Morgan fingerprint density at radius 2 is 1.97 bits per heavy atom. The van der Waals surface area contributed by atoms with Crippen LogP contribution in [0.5, 0.6) is 0 Å². The van der Waals surface area contributed by atoms with Gasteiger partial charge in [-0.2, -0.15) is 0 Å². The maximum Gasteiger partial charge on any atom is 0.411 e. The van der Waals surface area contributed by atoms with Crippen molar-refractivity contribution in [2.45, 2.75) is 77.0 Å². The third-order valence-electron chi connectivity index (χ3n) is 6.90. The first-order chi connectivity index (χ1) is 17.9. The van der Waals surface area contributed by atoms with E-state index < -0.39 is 29.7 Å². The van der Waals surface area contributed by atoms with Gasteiger partial charge in [0.1, 0.15) is 23.3 Å². The summed E-state index contributed by atoms with van der Waals surface area (Å²) in [5.41, 5.74) is 8.38. The highest BCUT2D eigenvalue weighted by Crippen LogP contribution is 2.35. The van der Waals surface area contributed by atoms with Gasteiger partial charge < -0.3 is 15.8 Å². The lowest BCUT2D eigenvalue weighted by Crippen LogP contribution is -2.54. The van der Waals surface area contributed by atoms with E-state index in [4.69, 9.17) is 10.5 Å². The summed E-state index contributed by atoms with van der Waals surface area (Å²) in [5, 5.41) is 2.80. The van der Waals surface area contributed by atoms with Crippen molar-refractivity contribution >= 4 is 29.2 Å². The molecular formula is C29H35FN4O4. The summed E-state index contributed by atoms with van der Waals surface area (Å²) in [7, 11) is 0. The molecular weight excluding hydrogens is 487 g/mol. The molecule has 202 valence electrons. The van der Waals surface area contributed by atoms with Gasteiger partial charge in [-0.1, -0.05) is 18.2 Å². The van der Waals surface area contributed by atoms with Gasteiger partial charge in [0.25, 0.3) is 0 Å². The average Bonchev–Trinajstić information content (AvgIpc) is 3.23. The zero-order chi connectivity index (χ0) is 27.6. The monoisotopic (exact) mass is 522 g/mol. The highest BCUT2D eigenvalue weighted by molar-refractivity contribution is 5.94. The van der Waals surface area contributed by atoms with Crippen molar-refractivity contribution in [2.24, 2.45) is 0 Å². The first-order valence-electron chi connectivity index (χ1n) is 13.0. The van der Waals surface area contributed by atoms with Crippen LogP contribution in [0, 0.1) is 5.82 Å². The van der Waals surface area contributed by atoms with Crippen LogP contribution in [0.15, 0.2) is 42.5 Å². The molecule has 2 aromatic rings. The van der Waals surface area contributed by atoms with Crippen LogP contribution in [0.3, 0.4) is 0 Å². The van der Waals surface area contributed by atoms with Gasteiger partial charge in [0, 0.05) is 18.7 Å². The number of ketones is 1. The standard InChI is InChI=1S/C29H35FN4O4/c1-17(25(35)16-20-8-10-23-22(20)9-11-26(31)33-23)32-27(36)24-15-19(18-6-5-7-21(30)14-18)12-13-34(24)28(37)38-29(2,3)4/h5-7,9,11,14-15,17,20,24H,8,10,12-13,16H2,1-4H3,(H2,31,33)(H,32,36)/t17-,20-,24+/m0/s1. The van der Waals surface area contributed by atoms with Crippen molar-refractivity contribution in [2.75, 3.05) is 12.3 Å². The van der Waals surface area contributed by atoms with Crippen LogP contribution < -0.4 is 11.1 Å². The molecule has 1 aliphatic heterocycles. The quantitative estimate of drug-likeness (QED) is 0.582. The number of nitrogen functional groups attached to an aromatic ring is 1. The average molecular weight is 523 g/mol. The van der Waals surface area contributed by atoms with E-state index in [-0.39, 0.29) is 30.5 Å². The number of hydrogen-bond donors (Lipinski definition) is 2. The van der Waals surface area contributed by atoms with E-state index in [2.05, 4.69) is 10.3 Å². The minimum Gasteiger partial charge on any atom is -0.444 e. The van der Waals surface area contributed by atoms with Crippen LogP contribution in [0.1, 0.15) is 69.7 Å². The van der Waals surface area contributed by atoms with E-state index in [9.17, 15) is 18.8 Å². The molecule has 8 nitrogen and oxygen atoms in total. The van der Waals surface area contributed by atoms with Gasteiger partial charge in [0.2, 0.25) is 5.91 Å². The highest BCUT2D eigenvalue weighted by atomic mass is 19.1. The minimum atomic E-state index is -1.01. The van der Waals surface area contributed by atoms with E-state index in [0.29, 0.717) is 17.8 Å². The number of nitrogens with two attached hydrogens (primary N) is 1. The molecule has 0 unspecified atom stereocenters. The zero-order valence-electron chi connectivity index (χ0n) is 22.3. The largest absolute Gasteiger partial charge is 0.444 e. The summed E-state index contributed by atoms with van der Waals surface area (Å²) in [6, 6.07) is 8.01. The van der Waals surface area contributed by atoms with Crippen LogP contribution in [0.2, 0.25) is 0 Å². The van der Waals surface area contributed by atoms with Crippen LogP contribution in [0.25, 0.3) is 5.57 Å². The molecule has 2 heterocycles. The Morgan fingerprint density at radius 3 is 2.68 bits per heavy atom. The Labute approximate surface area is 222 Å². The maximum atomic E-state index is 13.9. The molecule has 0 saturated carbocycles. The number of amides is 2. The van der Waals surface area contributed by atoms with Crippen molar-refractivity contribution in [3.05, 3.63) is 65.1 Å². The number of pyridine rings is 1. The fourth-order valence-corrected chi connectivity index (χ4v) is 4.99. The lowest BCUT2D eigenvalue weighted by atomic mass is 9.93. The van der Waals surface area contributed by atoms with Gasteiger partial charge >= 0.3 is 6.09 Å². The summed E-state index contributed by atoms with van der Waals surface area (Å²) >= 11 is 0. The Kier molecular flexibility index (Phi) is 7.85. The smallest absolute Gasteiger partial charge is 0.411 e. The molecule has 2 amide bonds. The molecule has 0 radical (unpaired) electrons. The summed E-state index contributed by atoms with van der Waals surface area (Å²) in [4.78, 5) is 45.2. The predicted octanol–water partition coefficient (Wildman–Crippen LogP) is 4.39. The second-order valence-electron chi connectivity index (χ2n) is 11.0. The topological polar surface area (TPSA) is 115 Å². The second-order valence-corrected chi connectivity index (χ2v) is 11.0. The SMILES string of the molecule is C[C@H](NC(=O)[C@H]1C=C(c2cccc(F)c2)CCN1C(=O)OC(C)(C)C)C(=O)C[C@@H]1CCc2nc(N)ccc21. The number of halogens is 1. The first-order valence-corrected chi connectivity index (χ1v) is 13.0. The molecule has 0 fully saturated rings. The van der Waals surface area contributed by atoms with E-state index in [0.717, 1.165) is 29.7 Å². The molecule has 3 atom stereocenters. The van der Waals surface area contributed by atoms with E-state index >= 15 is 0 Å². The van der Waals surface area contributed by atoms with Gasteiger partial charge in [-0.25, -0.2) is 14.2 Å². The van der Waals surface area contributed by atoms with Gasteiger partial charge in [-0.15, -0.1) is 0 Å². The number of rotatable bonds is 6. The van der Waals surface area contributed by atoms with Gasteiger partial charge in [-0.05, 0) is 93.9 Å². The van der Waals surface area contributed by atoms with E-state index in [1.165, 1.54) is 17.0 Å². The van der Waals surface area contributed by atoms with Gasteiger partial charge in [-0.3, -0.25) is 14.5 Å². The van der Waals surface area contributed by atoms with Crippen LogP contribution in [0.4, 0.5) is 15.0 Å². The number of Topliss-reactive ketones (excluding diaryl/α,β-unsaturated/α-hetero) is 1. The maximum absolute atomic E-state index is 13.9. The summed E-state index contributed by atoms with van der Waals surface area (Å²) in [6.45, 7) is 7.12. The van der Waals surface area contributed by atoms with Crippen molar-refractivity contribution in [3.8, 4) is 0 Å². The fraction of sp³-hybridized carbons (Fsp3) is 0.448. The molecule has 0 spiro atoms. The van der Waals surface area contributed by atoms with Gasteiger partial charge in [0.15, 0.2) is 5.78 Å². The third kappa shape index (κ3) is 6.38. The number of carbonyl (C=O) groups excluding carboxylic acids is 3. The fourth-order valence-electron chi connectivity index (χ4n) is 4.99. The first kappa shape index (κ1) is 27.3. The number of ether oxygens (including phenoxy) is 1. The molecule has 38 heavy (non-hydrogen) atoms. The number of nitrogens with one attached hydrogen (secondary N) is 1. The van der Waals surface area contributed by atoms with Crippen LogP contribution in [-0.4, -0.2) is 51.9 Å². The lowest BCUT2D eigenvalue weighted by molar-refractivity contribution is -0.130. The summed E-state index contributed by atoms with van der Waals surface area (Å²) in [5.74, 6) is -0.500. The van der Waals surface area contributed by atoms with Crippen molar-refractivity contribution in [3.63, 3.8) is 0 Å². The molecule has 4 rings (SSSR count). The molecule has 0 bridgehead atoms. The number of hydrogen-bond acceptors (Lipinski definition) is 6. The van der Waals surface area contributed by atoms with Crippen molar-refractivity contribution in [1.29, 1.82) is 0 Å². The second kappa shape index (κ2) is 10.9. The molecule has 2 aliphatic rings. The number of aryl methyl sites for hydroxylation is 1. The number of aromatic nitrogens is 1. The Morgan fingerprint density at radius 1 is 1.21 bits per heavy atom. The number of benzene rings is 1. The number of carbonyl (C=O) groups is 3. The Bertz CT molecular complexity index is 1270. The van der Waals surface area contributed by atoms with Crippen LogP contribution >= 0.6 is 0 Å². The Balaban J connectivity index is 1.50. The molecule has 1 aromatic heterocycles. The normalized spacial score (nSPS) is 19.8. The Hall–Kier alpha value is -3.75. The number of fused-ring (bicyclic) bond motifs is 1. The van der Waals surface area contributed by atoms with E-state index in [1.807, 2.05) is 6.07 Å². The van der Waals surface area contributed by atoms with E-state index in [1.54, 1.807) is 52.0 Å².